The van der Waals surface area contributed by atoms with Crippen LogP contribution in [-0.2, 0) is 5.33 Å². The maximum Gasteiger partial charge on any atom is 0.162 e. The average Bonchev–Trinajstić information content (AvgIpc) is 2.36. The summed E-state index contributed by atoms with van der Waals surface area (Å²) in [5, 5.41) is 0.763. The highest BCUT2D eigenvalue weighted by atomic mass is 79.9. The van der Waals surface area contributed by atoms with Crippen LogP contribution in [-0.4, -0.2) is 0 Å². The van der Waals surface area contributed by atoms with Crippen molar-refractivity contribution in [2.45, 2.75) is 12.3 Å². The van der Waals surface area contributed by atoms with Crippen molar-refractivity contribution in [2.75, 3.05) is 0 Å². The van der Waals surface area contributed by atoms with Gasteiger partial charge in [0.2, 0.25) is 0 Å². The summed E-state index contributed by atoms with van der Waals surface area (Å²) in [4.78, 5) is 0. The lowest BCUT2D eigenvalue weighted by Gasteiger charge is -2.09. The summed E-state index contributed by atoms with van der Waals surface area (Å²) in [7, 11) is 0. The molecule has 0 atom stereocenters. The zero-order valence-corrected chi connectivity index (χ0v) is 11.3. The molecule has 18 heavy (non-hydrogen) atoms. The minimum absolute atomic E-state index is 0.281. The number of benzene rings is 2. The molecule has 0 aliphatic heterocycles. The molecule has 0 heterocycles. The van der Waals surface area contributed by atoms with Crippen LogP contribution in [0, 0.1) is 18.6 Å². The fraction of sp³-hybridized carbons (Fsp3) is 0.143. The van der Waals surface area contributed by atoms with Crippen LogP contribution >= 0.6 is 15.9 Å². The first-order valence-electron chi connectivity index (χ1n) is 5.38. The molecule has 0 amide bonds. The molecule has 94 valence electrons. The van der Waals surface area contributed by atoms with Crippen LogP contribution < -0.4 is 4.74 Å². The average molecular weight is 313 g/mol. The van der Waals surface area contributed by atoms with E-state index in [1.165, 1.54) is 6.07 Å². The largest absolute Gasteiger partial charge is 0.457 e. The van der Waals surface area contributed by atoms with Gasteiger partial charge in [-0.05, 0) is 36.2 Å². The molecule has 0 aliphatic rings. The zero-order chi connectivity index (χ0) is 13.1. The van der Waals surface area contributed by atoms with E-state index in [1.807, 2.05) is 25.1 Å². The van der Waals surface area contributed by atoms with Gasteiger partial charge in [0.25, 0.3) is 0 Å². The van der Waals surface area contributed by atoms with Gasteiger partial charge < -0.3 is 4.74 Å². The number of ether oxygens (including phenoxy) is 1. The van der Waals surface area contributed by atoms with E-state index in [4.69, 9.17) is 4.74 Å². The second kappa shape index (κ2) is 5.48. The Balaban J connectivity index is 2.25. The van der Waals surface area contributed by atoms with E-state index in [9.17, 15) is 8.78 Å². The Hall–Kier alpha value is -1.42. The highest BCUT2D eigenvalue weighted by molar-refractivity contribution is 9.08. The van der Waals surface area contributed by atoms with E-state index in [2.05, 4.69) is 15.9 Å². The molecule has 2 aromatic carbocycles. The summed E-state index contributed by atoms with van der Waals surface area (Å²) in [6, 6.07) is 9.18. The SMILES string of the molecule is Cc1cc(CBr)ccc1Oc1ccc(F)c(F)c1. The number of alkyl halides is 1. The van der Waals surface area contributed by atoms with Gasteiger partial charge in [0, 0.05) is 11.4 Å². The fourth-order valence-corrected chi connectivity index (χ4v) is 1.93. The van der Waals surface area contributed by atoms with Gasteiger partial charge in [0.15, 0.2) is 11.6 Å². The van der Waals surface area contributed by atoms with Crippen molar-refractivity contribution in [3.8, 4) is 11.5 Å². The molecular weight excluding hydrogens is 302 g/mol. The molecule has 0 aromatic heterocycles. The Labute approximate surface area is 113 Å². The molecule has 0 bridgehead atoms. The number of hydrogen-bond acceptors (Lipinski definition) is 1. The summed E-state index contributed by atoms with van der Waals surface area (Å²) in [6.07, 6.45) is 0. The monoisotopic (exact) mass is 312 g/mol. The fourth-order valence-electron chi connectivity index (χ4n) is 1.58. The van der Waals surface area contributed by atoms with Gasteiger partial charge in [0.1, 0.15) is 11.5 Å². The maximum atomic E-state index is 13.0. The van der Waals surface area contributed by atoms with Crippen LogP contribution in [0.1, 0.15) is 11.1 Å². The second-order valence-corrected chi connectivity index (χ2v) is 4.47. The van der Waals surface area contributed by atoms with Crippen molar-refractivity contribution in [3.63, 3.8) is 0 Å². The van der Waals surface area contributed by atoms with Gasteiger partial charge >= 0.3 is 0 Å². The predicted molar refractivity (Wildman–Crippen MR) is 70.2 cm³/mol. The van der Waals surface area contributed by atoms with Gasteiger partial charge in [0.05, 0.1) is 0 Å². The highest BCUT2D eigenvalue weighted by Crippen LogP contribution is 2.27. The van der Waals surface area contributed by atoms with E-state index in [1.54, 1.807) is 0 Å². The van der Waals surface area contributed by atoms with E-state index in [-0.39, 0.29) is 5.75 Å². The topological polar surface area (TPSA) is 9.23 Å². The Morgan fingerprint density at radius 3 is 2.44 bits per heavy atom. The molecular formula is C14H11BrF2O. The van der Waals surface area contributed by atoms with Crippen molar-refractivity contribution in [1.29, 1.82) is 0 Å². The third-order valence-electron chi connectivity index (χ3n) is 2.51. The van der Waals surface area contributed by atoms with Gasteiger partial charge in [-0.1, -0.05) is 28.1 Å². The van der Waals surface area contributed by atoms with Gasteiger partial charge in [-0.2, -0.15) is 0 Å². The van der Waals surface area contributed by atoms with Crippen molar-refractivity contribution in [2.24, 2.45) is 0 Å². The van der Waals surface area contributed by atoms with E-state index in [0.29, 0.717) is 5.75 Å². The first-order chi connectivity index (χ1) is 8.60. The molecule has 2 aromatic rings. The van der Waals surface area contributed by atoms with Crippen LogP contribution in [0.3, 0.4) is 0 Å². The molecule has 0 saturated heterocycles. The number of aryl methyl sites for hydroxylation is 1. The molecule has 0 saturated carbocycles. The van der Waals surface area contributed by atoms with E-state index >= 15 is 0 Å². The quantitative estimate of drug-likeness (QED) is 0.728. The van der Waals surface area contributed by atoms with Crippen LogP contribution in [0.4, 0.5) is 8.78 Å². The second-order valence-electron chi connectivity index (χ2n) is 3.91. The first-order valence-corrected chi connectivity index (χ1v) is 6.50. The van der Waals surface area contributed by atoms with Crippen LogP contribution in [0.15, 0.2) is 36.4 Å². The highest BCUT2D eigenvalue weighted by Gasteiger charge is 2.06. The van der Waals surface area contributed by atoms with Crippen LogP contribution in [0.2, 0.25) is 0 Å². The third kappa shape index (κ3) is 2.88. The molecule has 0 N–H and O–H groups in total. The molecule has 2 rings (SSSR count). The minimum atomic E-state index is -0.915. The number of hydrogen-bond donors (Lipinski definition) is 0. The lowest BCUT2D eigenvalue weighted by Crippen LogP contribution is -1.91. The van der Waals surface area contributed by atoms with Crippen LogP contribution in [0.25, 0.3) is 0 Å². The normalized spacial score (nSPS) is 10.4. The first kappa shape index (κ1) is 13.0. The lowest BCUT2D eigenvalue weighted by molar-refractivity contribution is 0.459. The smallest absolute Gasteiger partial charge is 0.162 e. The standard InChI is InChI=1S/C14H11BrF2O/c1-9-6-10(8-15)2-5-14(9)18-11-3-4-12(16)13(17)7-11/h2-7H,8H2,1H3. The van der Waals surface area contributed by atoms with E-state index in [0.717, 1.165) is 28.6 Å². The number of halogens is 3. The van der Waals surface area contributed by atoms with Gasteiger partial charge in [-0.15, -0.1) is 0 Å². The van der Waals surface area contributed by atoms with E-state index < -0.39 is 11.6 Å². The zero-order valence-electron chi connectivity index (χ0n) is 9.71. The molecule has 4 heteroatoms. The molecule has 0 unspecified atom stereocenters. The molecule has 0 spiro atoms. The minimum Gasteiger partial charge on any atom is -0.457 e. The maximum absolute atomic E-state index is 13.0. The van der Waals surface area contributed by atoms with Crippen molar-refractivity contribution in [1.82, 2.24) is 0 Å². The Kier molecular flexibility index (Phi) is 3.97. The third-order valence-corrected chi connectivity index (χ3v) is 3.16. The summed E-state index contributed by atoms with van der Waals surface area (Å²) in [5.41, 5.74) is 2.07. The van der Waals surface area contributed by atoms with Crippen molar-refractivity contribution >= 4 is 15.9 Å². The molecule has 1 nitrogen and oxygen atoms in total. The van der Waals surface area contributed by atoms with Gasteiger partial charge in [-0.25, -0.2) is 8.78 Å². The molecule has 0 radical (unpaired) electrons. The summed E-state index contributed by atoms with van der Waals surface area (Å²) < 4.78 is 31.3. The number of rotatable bonds is 3. The predicted octanol–water partition coefficient (Wildman–Crippen LogP) is 4.96. The van der Waals surface area contributed by atoms with Gasteiger partial charge in [-0.3, -0.25) is 0 Å². The summed E-state index contributed by atoms with van der Waals surface area (Å²) >= 11 is 3.37. The molecule has 0 aliphatic carbocycles. The van der Waals surface area contributed by atoms with Crippen molar-refractivity contribution in [3.05, 3.63) is 59.2 Å². The van der Waals surface area contributed by atoms with Crippen LogP contribution in [0.5, 0.6) is 11.5 Å². The Morgan fingerprint density at radius 1 is 1.06 bits per heavy atom. The molecule has 0 fully saturated rings. The Morgan fingerprint density at radius 2 is 1.83 bits per heavy atom. The summed E-state index contributed by atoms with van der Waals surface area (Å²) in [5.74, 6) is -0.884. The van der Waals surface area contributed by atoms with Crippen molar-refractivity contribution < 1.29 is 13.5 Å². The Bertz CT molecular complexity index is 570. The summed E-state index contributed by atoms with van der Waals surface area (Å²) in [6.45, 7) is 1.90. The lowest BCUT2D eigenvalue weighted by atomic mass is 10.1.